The summed E-state index contributed by atoms with van der Waals surface area (Å²) >= 11 is 2.28. The fourth-order valence-corrected chi connectivity index (χ4v) is 6.19. The molecule has 0 aromatic heterocycles. The third-order valence-electron chi connectivity index (χ3n) is 4.53. The molecule has 0 aromatic rings. The van der Waals surface area contributed by atoms with Gasteiger partial charge in [-0.05, 0) is 31.1 Å². The van der Waals surface area contributed by atoms with Crippen LogP contribution in [0.1, 0.15) is 32.1 Å². The van der Waals surface area contributed by atoms with Gasteiger partial charge in [0.05, 0.1) is 12.9 Å². The minimum Gasteiger partial charge on any atom is -0.501 e. The van der Waals surface area contributed by atoms with Crippen LogP contribution in [-0.4, -0.2) is 17.1 Å². The largest absolute Gasteiger partial charge is 0.501 e. The van der Waals surface area contributed by atoms with Gasteiger partial charge in [-0.1, -0.05) is 19.4 Å². The molecule has 15 heavy (non-hydrogen) atoms. The van der Waals surface area contributed by atoms with Gasteiger partial charge < -0.3 is 4.74 Å². The van der Waals surface area contributed by atoms with E-state index < -0.39 is 0 Å². The summed E-state index contributed by atoms with van der Waals surface area (Å²) in [6, 6.07) is 0. The molecule has 2 heteroatoms. The second-order valence-corrected chi connectivity index (χ2v) is 6.67. The van der Waals surface area contributed by atoms with E-state index in [0.29, 0.717) is 0 Å². The van der Waals surface area contributed by atoms with Crippen molar-refractivity contribution in [1.82, 2.24) is 0 Å². The van der Waals surface area contributed by atoms with Gasteiger partial charge >= 0.3 is 0 Å². The number of hydrogen-bond acceptors (Lipinski definition) is 2. The Hall–Kier alpha value is -0.110. The normalized spacial score (nSPS) is 47.6. The van der Waals surface area contributed by atoms with Crippen molar-refractivity contribution >= 4 is 11.8 Å². The predicted molar refractivity (Wildman–Crippen MR) is 64.9 cm³/mol. The van der Waals surface area contributed by atoms with Gasteiger partial charge in [0.25, 0.3) is 0 Å². The van der Waals surface area contributed by atoms with Crippen LogP contribution in [0.15, 0.2) is 12.8 Å². The van der Waals surface area contributed by atoms with Gasteiger partial charge in [0.15, 0.2) is 0 Å². The maximum atomic E-state index is 5.40. The van der Waals surface area contributed by atoms with Gasteiger partial charge in [0, 0.05) is 16.4 Å². The van der Waals surface area contributed by atoms with Crippen LogP contribution < -0.4 is 0 Å². The van der Waals surface area contributed by atoms with Crippen LogP contribution in [0.3, 0.4) is 0 Å². The van der Waals surface area contributed by atoms with Crippen molar-refractivity contribution in [2.24, 2.45) is 17.8 Å². The summed E-state index contributed by atoms with van der Waals surface area (Å²) in [4.78, 5) is 0. The van der Waals surface area contributed by atoms with Crippen LogP contribution >= 0.6 is 11.8 Å². The second-order valence-electron chi connectivity index (χ2n) is 5.25. The molecule has 5 atom stereocenters. The summed E-state index contributed by atoms with van der Waals surface area (Å²) in [5.74, 6) is 2.91. The van der Waals surface area contributed by atoms with Crippen molar-refractivity contribution in [2.45, 2.75) is 42.6 Å². The van der Waals surface area contributed by atoms with Crippen LogP contribution in [0.2, 0.25) is 0 Å². The Morgan fingerprint density at radius 1 is 1.27 bits per heavy atom. The van der Waals surface area contributed by atoms with E-state index in [1.165, 1.54) is 32.1 Å². The quantitative estimate of drug-likeness (QED) is 0.679. The maximum Gasteiger partial charge on any atom is 0.0912 e. The lowest BCUT2D eigenvalue weighted by Crippen LogP contribution is -2.36. The molecule has 0 radical (unpaired) electrons. The molecule has 5 unspecified atom stereocenters. The predicted octanol–water partition coefficient (Wildman–Crippen LogP) is 3.46. The van der Waals surface area contributed by atoms with Gasteiger partial charge in [-0.2, -0.15) is 11.8 Å². The number of thioether (sulfide) groups is 1. The highest BCUT2D eigenvalue weighted by atomic mass is 32.2. The van der Waals surface area contributed by atoms with Crippen LogP contribution in [0, 0.1) is 17.8 Å². The van der Waals surface area contributed by atoms with Crippen molar-refractivity contribution in [3.05, 3.63) is 12.8 Å². The second kappa shape index (κ2) is 4.04. The molecule has 0 aromatic carbocycles. The average Bonchev–Trinajstić information content (AvgIpc) is 2.85. The Kier molecular flexibility index (Phi) is 2.71. The van der Waals surface area contributed by atoms with E-state index in [1.807, 2.05) is 0 Å². The summed E-state index contributed by atoms with van der Waals surface area (Å²) in [7, 11) is 0. The summed E-state index contributed by atoms with van der Waals surface area (Å²) in [6.07, 6.45) is 8.97. The zero-order chi connectivity index (χ0) is 10.3. The first kappa shape index (κ1) is 10.1. The van der Waals surface area contributed by atoms with Gasteiger partial charge in [-0.25, -0.2) is 0 Å². The average molecular weight is 224 g/mol. The first-order valence-electron chi connectivity index (χ1n) is 6.28. The number of rotatable bonds is 3. The maximum absolute atomic E-state index is 5.40. The molecule has 2 saturated heterocycles. The SMILES string of the molecule is C=COCC1CC2SC1C1CCCCC21. The number of fused-ring (bicyclic) bond motifs is 5. The molecule has 3 rings (SSSR count). The minimum atomic E-state index is 0.817. The molecule has 2 bridgehead atoms. The molecule has 1 aliphatic carbocycles. The lowest BCUT2D eigenvalue weighted by molar-refractivity contribution is 0.116. The molecule has 1 nitrogen and oxygen atoms in total. The summed E-state index contributed by atoms with van der Waals surface area (Å²) in [6.45, 7) is 4.55. The van der Waals surface area contributed by atoms with Gasteiger partial charge in [0.1, 0.15) is 0 Å². The fourth-order valence-electron chi connectivity index (χ4n) is 3.94. The summed E-state index contributed by atoms with van der Waals surface area (Å²) < 4.78 is 5.40. The number of hydrogen-bond donors (Lipinski definition) is 0. The number of ether oxygens (including phenoxy) is 1. The van der Waals surface area contributed by atoms with E-state index in [1.54, 1.807) is 6.26 Å². The molecule has 2 heterocycles. The van der Waals surface area contributed by atoms with Crippen LogP contribution in [-0.2, 0) is 4.74 Å². The van der Waals surface area contributed by atoms with Crippen molar-refractivity contribution < 1.29 is 4.74 Å². The van der Waals surface area contributed by atoms with Gasteiger partial charge in [-0.15, -0.1) is 0 Å². The zero-order valence-corrected chi connectivity index (χ0v) is 10.0. The lowest BCUT2D eigenvalue weighted by atomic mass is 9.68. The minimum absolute atomic E-state index is 0.817. The Bertz CT molecular complexity index is 253. The molecule has 3 fully saturated rings. The zero-order valence-electron chi connectivity index (χ0n) is 9.23. The highest BCUT2D eigenvalue weighted by Crippen LogP contribution is 2.59. The van der Waals surface area contributed by atoms with E-state index in [9.17, 15) is 0 Å². The first-order valence-corrected chi connectivity index (χ1v) is 7.22. The van der Waals surface area contributed by atoms with E-state index in [2.05, 4.69) is 18.3 Å². The van der Waals surface area contributed by atoms with Gasteiger partial charge in [0.2, 0.25) is 0 Å². The Balaban J connectivity index is 1.67. The molecule has 84 valence electrons. The monoisotopic (exact) mass is 224 g/mol. The molecule has 2 aliphatic heterocycles. The van der Waals surface area contributed by atoms with Crippen molar-refractivity contribution in [2.75, 3.05) is 6.61 Å². The van der Waals surface area contributed by atoms with E-state index in [0.717, 1.165) is 34.9 Å². The Morgan fingerprint density at radius 2 is 2.07 bits per heavy atom. The van der Waals surface area contributed by atoms with Crippen molar-refractivity contribution in [1.29, 1.82) is 0 Å². The highest BCUT2D eigenvalue weighted by molar-refractivity contribution is 8.01. The third kappa shape index (κ3) is 1.61. The van der Waals surface area contributed by atoms with Gasteiger partial charge in [-0.3, -0.25) is 0 Å². The van der Waals surface area contributed by atoms with Crippen molar-refractivity contribution in [3.8, 4) is 0 Å². The smallest absolute Gasteiger partial charge is 0.0912 e. The summed E-state index contributed by atoms with van der Waals surface area (Å²) in [5.41, 5.74) is 0. The molecule has 0 amide bonds. The highest BCUT2D eigenvalue weighted by Gasteiger charge is 2.53. The van der Waals surface area contributed by atoms with E-state index in [4.69, 9.17) is 4.74 Å². The van der Waals surface area contributed by atoms with Crippen molar-refractivity contribution in [3.63, 3.8) is 0 Å². The standard InChI is InChI=1S/C13H20OS/c1-2-14-8-9-7-12-10-5-3-4-6-11(10)13(9)15-12/h2,9-13H,1,3-8H2. The molecule has 1 saturated carbocycles. The Morgan fingerprint density at radius 3 is 2.87 bits per heavy atom. The van der Waals surface area contributed by atoms with Crippen LogP contribution in [0.25, 0.3) is 0 Å². The van der Waals surface area contributed by atoms with E-state index in [-0.39, 0.29) is 0 Å². The lowest BCUT2D eigenvalue weighted by Gasteiger charge is -2.37. The van der Waals surface area contributed by atoms with Crippen LogP contribution in [0.4, 0.5) is 0 Å². The van der Waals surface area contributed by atoms with E-state index >= 15 is 0 Å². The molecule has 0 N–H and O–H groups in total. The fraction of sp³-hybridized carbons (Fsp3) is 0.846. The molecule has 0 spiro atoms. The molecular formula is C13H20OS. The third-order valence-corrected chi connectivity index (χ3v) is 6.47. The topological polar surface area (TPSA) is 9.23 Å². The Labute approximate surface area is 96.6 Å². The molecule has 3 aliphatic rings. The van der Waals surface area contributed by atoms with Crippen LogP contribution in [0.5, 0.6) is 0 Å². The first-order chi connectivity index (χ1) is 7.40. The molecular weight excluding hydrogens is 204 g/mol. The summed E-state index contributed by atoms with van der Waals surface area (Å²) in [5, 5.41) is 1.89.